The molecule has 2 N–H and O–H groups in total. The highest BCUT2D eigenvalue weighted by Crippen LogP contribution is 2.27. The van der Waals surface area contributed by atoms with Crippen molar-refractivity contribution in [3.63, 3.8) is 0 Å². The van der Waals surface area contributed by atoms with Crippen molar-refractivity contribution in [3.05, 3.63) is 118 Å². The van der Waals surface area contributed by atoms with Gasteiger partial charge in [0.1, 0.15) is 10.8 Å². The summed E-state index contributed by atoms with van der Waals surface area (Å²) in [5.74, 6) is -0.461. The molecule has 5 aromatic rings. The van der Waals surface area contributed by atoms with E-state index in [1.54, 1.807) is 47.7 Å². The lowest BCUT2D eigenvalue weighted by molar-refractivity contribution is 0.102. The molecule has 202 valence electrons. The Morgan fingerprint density at radius 1 is 0.950 bits per heavy atom. The number of nitrogens with one attached hydrogen (secondary N) is 1. The summed E-state index contributed by atoms with van der Waals surface area (Å²) < 4.78 is 26.3. The summed E-state index contributed by atoms with van der Waals surface area (Å²) in [7, 11) is -3.44. The van der Waals surface area contributed by atoms with E-state index in [4.69, 9.17) is 11.6 Å². The summed E-state index contributed by atoms with van der Waals surface area (Å²) in [6, 6.07) is 26.1. The van der Waals surface area contributed by atoms with Gasteiger partial charge in [0.2, 0.25) is 0 Å². The van der Waals surface area contributed by atoms with Crippen molar-refractivity contribution in [3.8, 4) is 5.75 Å². The molecule has 0 unspecified atom stereocenters. The van der Waals surface area contributed by atoms with Crippen LogP contribution in [-0.4, -0.2) is 30.2 Å². The van der Waals surface area contributed by atoms with Crippen molar-refractivity contribution in [1.29, 1.82) is 0 Å². The minimum atomic E-state index is -3.44. The van der Waals surface area contributed by atoms with Crippen LogP contribution in [0.3, 0.4) is 0 Å². The minimum Gasteiger partial charge on any atom is -0.506 e. The minimum absolute atomic E-state index is 0.0308. The van der Waals surface area contributed by atoms with Gasteiger partial charge in [0.25, 0.3) is 5.91 Å². The number of rotatable bonds is 9. The smallest absolute Gasteiger partial charge is 0.255 e. The summed E-state index contributed by atoms with van der Waals surface area (Å²) in [6.07, 6.45) is 4.74. The predicted octanol–water partition coefficient (Wildman–Crippen LogP) is 7.48. The number of sulfone groups is 1. The van der Waals surface area contributed by atoms with E-state index in [2.05, 4.69) is 10.3 Å². The van der Waals surface area contributed by atoms with Crippen LogP contribution in [-0.2, 0) is 16.3 Å². The van der Waals surface area contributed by atoms with Crippen molar-refractivity contribution in [2.24, 2.45) is 0 Å². The Balaban J connectivity index is 1.19. The maximum Gasteiger partial charge on any atom is 0.255 e. The number of hydrogen-bond acceptors (Lipinski definition) is 6. The molecule has 1 heterocycles. The quantitative estimate of drug-likeness (QED) is 0.174. The Morgan fingerprint density at radius 2 is 1.70 bits per heavy atom. The number of thiazole rings is 1. The molecule has 5 rings (SSSR count). The number of phenolic OH excluding ortho intramolecular Hbond substituents is 1. The molecule has 0 aliphatic rings. The Morgan fingerprint density at radius 3 is 2.45 bits per heavy atom. The second-order valence-corrected chi connectivity index (χ2v) is 12.8. The van der Waals surface area contributed by atoms with Gasteiger partial charge in [-0.3, -0.25) is 4.79 Å². The molecule has 4 aromatic carbocycles. The molecule has 9 heteroatoms. The Hall–Kier alpha value is -3.98. The van der Waals surface area contributed by atoms with E-state index in [9.17, 15) is 18.3 Å². The number of aromatic nitrogens is 1. The van der Waals surface area contributed by atoms with E-state index in [0.717, 1.165) is 26.4 Å². The van der Waals surface area contributed by atoms with Gasteiger partial charge in [-0.2, -0.15) is 0 Å². The molecule has 0 saturated heterocycles. The number of carbonyl (C=O) groups excluding carboxylic acids is 1. The number of benzene rings is 4. The number of aromatic hydroxyl groups is 1. The van der Waals surface area contributed by atoms with Crippen LogP contribution in [0.15, 0.2) is 95.9 Å². The molecule has 0 radical (unpaired) electrons. The third-order valence-electron chi connectivity index (χ3n) is 6.26. The average molecular weight is 589 g/mol. The molecule has 1 aromatic heterocycles. The topological polar surface area (TPSA) is 96.4 Å². The van der Waals surface area contributed by atoms with Crippen LogP contribution in [0.25, 0.3) is 22.4 Å². The monoisotopic (exact) mass is 588 g/mol. The Bertz CT molecular complexity index is 1760. The Kier molecular flexibility index (Phi) is 8.30. The summed E-state index contributed by atoms with van der Waals surface area (Å²) in [6.45, 7) is 0. The van der Waals surface area contributed by atoms with E-state index in [0.29, 0.717) is 23.4 Å². The van der Waals surface area contributed by atoms with Gasteiger partial charge in [0.15, 0.2) is 9.84 Å². The van der Waals surface area contributed by atoms with Crippen LogP contribution in [0, 0.1) is 0 Å². The van der Waals surface area contributed by atoms with Gasteiger partial charge in [-0.05, 0) is 90.7 Å². The van der Waals surface area contributed by atoms with Crippen LogP contribution < -0.4 is 5.32 Å². The van der Waals surface area contributed by atoms with E-state index >= 15 is 0 Å². The third kappa shape index (κ3) is 6.77. The number of anilines is 1. The zero-order chi connectivity index (χ0) is 28.1. The number of para-hydroxylation sites is 1. The molecule has 0 aliphatic heterocycles. The second kappa shape index (κ2) is 12.0. The molecular formula is C31H25ClN2O4S2. The molecule has 0 fully saturated rings. The largest absolute Gasteiger partial charge is 0.506 e. The summed E-state index contributed by atoms with van der Waals surface area (Å²) in [4.78, 5) is 17.7. The predicted molar refractivity (Wildman–Crippen MR) is 163 cm³/mol. The number of halogens is 1. The van der Waals surface area contributed by atoms with Crippen LogP contribution in [0.1, 0.15) is 32.9 Å². The summed E-state index contributed by atoms with van der Waals surface area (Å²) in [5, 5.41) is 14.4. The fraction of sp³-hybridized carbons (Fsp3) is 0.0968. The zero-order valence-corrected chi connectivity index (χ0v) is 23.6. The lowest BCUT2D eigenvalue weighted by Gasteiger charge is -2.10. The maximum atomic E-state index is 12.9. The van der Waals surface area contributed by atoms with Crippen LogP contribution in [0.4, 0.5) is 5.69 Å². The highest BCUT2D eigenvalue weighted by molar-refractivity contribution is 7.91. The maximum absolute atomic E-state index is 12.9. The average Bonchev–Trinajstić information content (AvgIpc) is 3.37. The summed E-state index contributed by atoms with van der Waals surface area (Å²) >= 11 is 7.47. The number of amides is 1. The third-order valence-corrected chi connectivity index (χ3v) is 9.33. The van der Waals surface area contributed by atoms with Gasteiger partial charge in [-0.25, -0.2) is 13.4 Å². The summed E-state index contributed by atoms with van der Waals surface area (Å²) in [5.41, 5.74) is 3.40. The van der Waals surface area contributed by atoms with Crippen molar-refractivity contribution >= 4 is 66.7 Å². The van der Waals surface area contributed by atoms with E-state index in [-0.39, 0.29) is 28.0 Å². The van der Waals surface area contributed by atoms with Crippen molar-refractivity contribution in [2.45, 2.75) is 17.7 Å². The molecule has 1 amide bonds. The van der Waals surface area contributed by atoms with Gasteiger partial charge in [-0.15, -0.1) is 11.3 Å². The molecule has 0 saturated carbocycles. The number of nitrogens with zero attached hydrogens (tertiary/aromatic N) is 1. The van der Waals surface area contributed by atoms with Crippen LogP contribution in [0.5, 0.6) is 5.75 Å². The standard InChI is InChI=1S/C31H25ClN2O4S2/c32-24-13-15-25(16-14-24)40(37,38)19-3-4-22-9-17-28(35)27(20-22)34-31(36)23-11-7-21(8-12-23)10-18-30-33-26-5-1-2-6-29(26)39-30/h1-2,5-18,20,35H,3-4,19H2,(H,34,36)/b18-10+. The molecule has 0 aliphatic carbocycles. The number of aryl methyl sites for hydroxylation is 1. The lowest BCUT2D eigenvalue weighted by atomic mass is 10.1. The fourth-order valence-corrected chi connectivity index (χ4v) is 6.44. The highest BCUT2D eigenvalue weighted by atomic mass is 35.5. The van der Waals surface area contributed by atoms with Crippen molar-refractivity contribution in [2.75, 3.05) is 11.1 Å². The van der Waals surface area contributed by atoms with Gasteiger partial charge in [0.05, 0.1) is 26.6 Å². The van der Waals surface area contributed by atoms with Crippen molar-refractivity contribution < 1.29 is 18.3 Å². The number of fused-ring (bicyclic) bond motifs is 1. The first kappa shape index (κ1) is 27.6. The molecule has 6 nitrogen and oxygen atoms in total. The molecule has 0 bridgehead atoms. The first-order chi connectivity index (χ1) is 19.3. The number of phenols is 1. The van der Waals surface area contributed by atoms with Crippen LogP contribution in [0.2, 0.25) is 5.02 Å². The second-order valence-electron chi connectivity index (χ2n) is 9.16. The first-order valence-electron chi connectivity index (χ1n) is 12.5. The van der Waals surface area contributed by atoms with Gasteiger partial charge in [0, 0.05) is 10.6 Å². The van der Waals surface area contributed by atoms with Crippen LogP contribution >= 0.6 is 22.9 Å². The number of carbonyl (C=O) groups is 1. The van der Waals surface area contributed by atoms with E-state index < -0.39 is 9.84 Å². The van der Waals surface area contributed by atoms with Gasteiger partial charge >= 0.3 is 0 Å². The van der Waals surface area contributed by atoms with Gasteiger partial charge < -0.3 is 10.4 Å². The van der Waals surface area contributed by atoms with Crippen molar-refractivity contribution in [1.82, 2.24) is 4.98 Å². The first-order valence-corrected chi connectivity index (χ1v) is 15.4. The normalized spacial score (nSPS) is 11.7. The molecular weight excluding hydrogens is 564 g/mol. The van der Waals surface area contributed by atoms with Gasteiger partial charge in [-0.1, -0.05) is 48.0 Å². The Labute approximate surface area is 241 Å². The number of hydrogen-bond donors (Lipinski definition) is 2. The molecule has 0 atom stereocenters. The SMILES string of the molecule is O=C(Nc1cc(CCCS(=O)(=O)c2ccc(Cl)cc2)ccc1O)c1ccc(/C=C/c2nc3ccccc3s2)cc1. The van der Waals surface area contributed by atoms with E-state index in [1.165, 1.54) is 18.2 Å². The zero-order valence-electron chi connectivity index (χ0n) is 21.2. The molecule has 40 heavy (non-hydrogen) atoms. The lowest BCUT2D eigenvalue weighted by Crippen LogP contribution is -2.12. The van der Waals surface area contributed by atoms with E-state index in [1.807, 2.05) is 48.6 Å². The molecule has 0 spiro atoms. The highest BCUT2D eigenvalue weighted by Gasteiger charge is 2.15. The fourth-order valence-electron chi connectivity index (χ4n) is 4.13.